The fraction of sp³-hybridized carbons (Fsp3) is 0.467. The molecule has 8 heteroatoms. The monoisotopic (exact) mass is 344 g/mol. The first-order chi connectivity index (χ1) is 10.5. The van der Waals surface area contributed by atoms with Gasteiger partial charge >= 0.3 is 5.97 Å². The van der Waals surface area contributed by atoms with Crippen LogP contribution >= 0.6 is 12.4 Å². The minimum Gasteiger partial charge on any atom is -0.493 e. The summed E-state index contributed by atoms with van der Waals surface area (Å²) in [5.74, 6) is -0.0346. The maximum Gasteiger partial charge on any atom is 0.320 e. The lowest BCUT2D eigenvalue weighted by Gasteiger charge is -2.20. The van der Waals surface area contributed by atoms with Crippen LogP contribution in [0.3, 0.4) is 0 Å². The summed E-state index contributed by atoms with van der Waals surface area (Å²) in [6.07, 6.45) is 1.37. The van der Waals surface area contributed by atoms with Gasteiger partial charge in [-0.25, -0.2) is 0 Å². The zero-order chi connectivity index (χ0) is 16.1. The molecule has 2 rings (SSSR count). The van der Waals surface area contributed by atoms with Gasteiger partial charge in [-0.2, -0.15) is 0 Å². The predicted molar refractivity (Wildman–Crippen MR) is 87.7 cm³/mol. The molecule has 0 aromatic heterocycles. The molecule has 1 aliphatic heterocycles. The van der Waals surface area contributed by atoms with Crippen LogP contribution in [0.15, 0.2) is 18.2 Å². The standard InChI is InChI=1S/C15H20N2O5.ClH/c1-21-12-6-5-10(8-13(12)22-2)16-14(18)9-17-7-3-4-11(17)15(19)20;/h5-6,8,11H,3-4,7,9H2,1-2H3,(H,16,18)(H,19,20);1H/t11-;/m0./s1. The van der Waals surface area contributed by atoms with Gasteiger partial charge in [0.15, 0.2) is 11.5 Å². The third-order valence-corrected chi connectivity index (χ3v) is 3.66. The summed E-state index contributed by atoms with van der Waals surface area (Å²) >= 11 is 0. The number of aliphatic carboxylic acids is 1. The van der Waals surface area contributed by atoms with Crippen molar-refractivity contribution >= 4 is 30.0 Å². The molecule has 0 unspecified atom stereocenters. The minimum absolute atomic E-state index is 0. The highest BCUT2D eigenvalue weighted by atomic mass is 35.5. The van der Waals surface area contributed by atoms with Crippen molar-refractivity contribution in [2.45, 2.75) is 18.9 Å². The van der Waals surface area contributed by atoms with Crippen LogP contribution in [-0.2, 0) is 9.59 Å². The van der Waals surface area contributed by atoms with Gasteiger partial charge in [0, 0.05) is 11.8 Å². The van der Waals surface area contributed by atoms with E-state index in [1.165, 1.54) is 14.2 Å². The van der Waals surface area contributed by atoms with E-state index in [9.17, 15) is 9.59 Å². The average molecular weight is 345 g/mol. The number of likely N-dealkylation sites (tertiary alicyclic amines) is 1. The molecule has 128 valence electrons. The molecule has 1 aliphatic rings. The van der Waals surface area contributed by atoms with E-state index in [-0.39, 0.29) is 24.9 Å². The van der Waals surface area contributed by atoms with Crippen molar-refractivity contribution in [1.29, 1.82) is 0 Å². The smallest absolute Gasteiger partial charge is 0.320 e. The van der Waals surface area contributed by atoms with Crippen molar-refractivity contribution in [3.63, 3.8) is 0 Å². The Labute approximate surface area is 141 Å². The Morgan fingerprint density at radius 1 is 1.30 bits per heavy atom. The van der Waals surface area contributed by atoms with Crippen LogP contribution in [-0.4, -0.2) is 55.2 Å². The Kier molecular flexibility index (Phi) is 7.12. The van der Waals surface area contributed by atoms with Crippen LogP contribution < -0.4 is 14.8 Å². The first-order valence-corrected chi connectivity index (χ1v) is 7.04. The van der Waals surface area contributed by atoms with Crippen LogP contribution in [0.25, 0.3) is 0 Å². The number of hydrogen-bond acceptors (Lipinski definition) is 5. The third-order valence-electron chi connectivity index (χ3n) is 3.66. The van der Waals surface area contributed by atoms with Crippen LogP contribution in [0, 0.1) is 0 Å². The van der Waals surface area contributed by atoms with Gasteiger partial charge in [0.1, 0.15) is 6.04 Å². The van der Waals surface area contributed by atoms with Crippen molar-refractivity contribution in [2.24, 2.45) is 0 Å². The van der Waals surface area contributed by atoms with E-state index >= 15 is 0 Å². The summed E-state index contributed by atoms with van der Waals surface area (Å²) in [6.45, 7) is 0.682. The first kappa shape index (κ1) is 19.1. The molecule has 0 spiro atoms. The van der Waals surface area contributed by atoms with E-state index in [1.54, 1.807) is 23.1 Å². The largest absolute Gasteiger partial charge is 0.493 e. The summed E-state index contributed by atoms with van der Waals surface area (Å²) in [7, 11) is 3.06. The molecule has 1 aromatic rings. The van der Waals surface area contributed by atoms with Gasteiger partial charge in [0.2, 0.25) is 5.91 Å². The number of carbonyl (C=O) groups is 2. The van der Waals surface area contributed by atoms with E-state index in [1.807, 2.05) is 0 Å². The van der Waals surface area contributed by atoms with Crippen molar-refractivity contribution in [2.75, 3.05) is 32.6 Å². The number of nitrogens with one attached hydrogen (secondary N) is 1. The van der Waals surface area contributed by atoms with Gasteiger partial charge in [0.25, 0.3) is 0 Å². The Hall–Kier alpha value is -1.99. The maximum absolute atomic E-state index is 12.1. The lowest BCUT2D eigenvalue weighted by Crippen LogP contribution is -2.40. The summed E-state index contributed by atoms with van der Waals surface area (Å²) in [5.41, 5.74) is 0.578. The lowest BCUT2D eigenvalue weighted by molar-refractivity contribution is -0.142. The molecule has 1 saturated heterocycles. The van der Waals surface area contributed by atoms with E-state index in [2.05, 4.69) is 5.32 Å². The Morgan fingerprint density at radius 2 is 2.00 bits per heavy atom. The van der Waals surface area contributed by atoms with Gasteiger partial charge in [-0.15, -0.1) is 12.4 Å². The predicted octanol–water partition coefficient (Wildman–Crippen LogP) is 1.61. The summed E-state index contributed by atoms with van der Waals surface area (Å²) < 4.78 is 10.3. The molecule has 1 amide bonds. The van der Waals surface area contributed by atoms with Gasteiger partial charge in [-0.05, 0) is 31.5 Å². The molecular formula is C15H21ClN2O5. The number of nitrogens with zero attached hydrogens (tertiary/aromatic N) is 1. The zero-order valence-electron chi connectivity index (χ0n) is 13.1. The number of carbonyl (C=O) groups excluding carboxylic acids is 1. The van der Waals surface area contributed by atoms with Crippen molar-refractivity contribution in [1.82, 2.24) is 4.90 Å². The van der Waals surface area contributed by atoms with E-state index in [0.29, 0.717) is 30.2 Å². The number of halogens is 1. The molecule has 1 aromatic carbocycles. The molecule has 0 saturated carbocycles. The molecular weight excluding hydrogens is 324 g/mol. The van der Waals surface area contributed by atoms with Gasteiger partial charge in [0.05, 0.1) is 20.8 Å². The molecule has 0 bridgehead atoms. The number of methoxy groups -OCH3 is 2. The molecule has 23 heavy (non-hydrogen) atoms. The van der Waals surface area contributed by atoms with Crippen molar-refractivity contribution < 1.29 is 24.2 Å². The van der Waals surface area contributed by atoms with Gasteiger partial charge in [-0.1, -0.05) is 0 Å². The van der Waals surface area contributed by atoms with Crippen LogP contribution in [0.5, 0.6) is 11.5 Å². The number of benzene rings is 1. The molecule has 0 radical (unpaired) electrons. The highest BCUT2D eigenvalue weighted by Crippen LogP contribution is 2.29. The van der Waals surface area contributed by atoms with Crippen molar-refractivity contribution in [3.8, 4) is 11.5 Å². The molecule has 0 aliphatic carbocycles. The van der Waals surface area contributed by atoms with Crippen LogP contribution in [0.4, 0.5) is 5.69 Å². The van der Waals surface area contributed by atoms with E-state index < -0.39 is 12.0 Å². The number of carboxylic acids is 1. The first-order valence-electron chi connectivity index (χ1n) is 7.04. The second-order valence-corrected chi connectivity index (χ2v) is 5.08. The number of rotatable bonds is 6. The van der Waals surface area contributed by atoms with Crippen LogP contribution in [0.2, 0.25) is 0 Å². The maximum atomic E-state index is 12.1. The highest BCUT2D eigenvalue weighted by molar-refractivity contribution is 5.93. The number of ether oxygens (including phenoxy) is 2. The molecule has 1 atom stereocenters. The number of hydrogen-bond donors (Lipinski definition) is 2. The number of amides is 1. The topological polar surface area (TPSA) is 88.1 Å². The Morgan fingerprint density at radius 3 is 2.61 bits per heavy atom. The average Bonchev–Trinajstić information content (AvgIpc) is 2.95. The SMILES string of the molecule is COc1ccc(NC(=O)CN2CCC[C@H]2C(=O)O)cc1OC.Cl. The fourth-order valence-corrected chi connectivity index (χ4v) is 2.59. The van der Waals surface area contributed by atoms with Gasteiger partial charge < -0.3 is 19.9 Å². The molecule has 7 nitrogen and oxygen atoms in total. The number of carboxylic acid groups (broad SMARTS) is 1. The Bertz CT molecular complexity index is 567. The summed E-state index contributed by atoms with van der Waals surface area (Å²) in [5, 5.41) is 11.9. The molecule has 2 N–H and O–H groups in total. The van der Waals surface area contributed by atoms with Gasteiger partial charge in [-0.3, -0.25) is 14.5 Å². The normalized spacial score (nSPS) is 17.2. The lowest BCUT2D eigenvalue weighted by atomic mass is 10.2. The fourth-order valence-electron chi connectivity index (χ4n) is 2.59. The van der Waals surface area contributed by atoms with E-state index in [0.717, 1.165) is 6.42 Å². The second-order valence-electron chi connectivity index (χ2n) is 5.08. The summed E-state index contributed by atoms with van der Waals surface area (Å²) in [6, 6.07) is 4.49. The third kappa shape index (κ3) is 4.74. The minimum atomic E-state index is -0.878. The van der Waals surface area contributed by atoms with E-state index in [4.69, 9.17) is 14.6 Å². The van der Waals surface area contributed by atoms with Crippen LogP contribution in [0.1, 0.15) is 12.8 Å². The Balaban J connectivity index is 0.00000264. The second kappa shape index (κ2) is 8.59. The summed E-state index contributed by atoms with van der Waals surface area (Å²) in [4.78, 5) is 24.9. The van der Waals surface area contributed by atoms with Crippen molar-refractivity contribution in [3.05, 3.63) is 18.2 Å². The molecule has 1 heterocycles. The zero-order valence-corrected chi connectivity index (χ0v) is 13.9. The quantitative estimate of drug-likeness (QED) is 0.815. The number of anilines is 1. The molecule has 1 fully saturated rings. The highest BCUT2D eigenvalue weighted by Gasteiger charge is 2.31.